The van der Waals surface area contributed by atoms with Gasteiger partial charge < -0.3 is 18.8 Å². The van der Waals surface area contributed by atoms with Crippen molar-refractivity contribution >= 4 is 40.9 Å². The van der Waals surface area contributed by atoms with E-state index in [0.29, 0.717) is 35.1 Å². The maximum atomic E-state index is 13.6. The molecule has 1 aliphatic rings. The minimum atomic E-state index is -0.582. The predicted molar refractivity (Wildman–Crippen MR) is 162 cm³/mol. The van der Waals surface area contributed by atoms with E-state index in [-0.39, 0.29) is 16.5 Å². The number of methoxy groups -OCH3 is 2. The Morgan fingerprint density at radius 1 is 0.905 bits per heavy atom. The molecular weight excluding hydrogens is 557 g/mol. The van der Waals surface area contributed by atoms with Crippen molar-refractivity contribution in [3.8, 4) is 22.9 Å². The molecule has 1 N–H and O–H groups in total. The number of nitrogens with zero attached hydrogens (tertiary/aromatic N) is 2. The van der Waals surface area contributed by atoms with Crippen LogP contribution in [0.2, 0.25) is 0 Å². The molecule has 0 saturated carbocycles. The number of thiocarbonyl (C=S) groups is 1. The van der Waals surface area contributed by atoms with Crippen LogP contribution in [0.4, 0.5) is 10.1 Å². The van der Waals surface area contributed by atoms with Gasteiger partial charge in [0.25, 0.3) is 11.8 Å². The maximum absolute atomic E-state index is 13.6. The van der Waals surface area contributed by atoms with Crippen LogP contribution in [0, 0.1) is 19.7 Å². The summed E-state index contributed by atoms with van der Waals surface area (Å²) in [7, 11) is 3.01. The Morgan fingerprint density at radius 2 is 1.60 bits per heavy atom. The Labute approximate surface area is 247 Å². The molecule has 1 aliphatic heterocycles. The number of benzene rings is 3. The molecule has 0 atom stereocenters. The minimum absolute atomic E-state index is 0.0437. The number of amides is 2. The third-order valence-electron chi connectivity index (χ3n) is 6.91. The molecule has 0 aliphatic carbocycles. The Bertz CT molecular complexity index is 1710. The zero-order valence-electron chi connectivity index (χ0n) is 23.4. The van der Waals surface area contributed by atoms with Crippen LogP contribution in [0.5, 0.6) is 17.2 Å². The van der Waals surface area contributed by atoms with Crippen molar-refractivity contribution in [1.29, 1.82) is 0 Å². The Hall–Kier alpha value is -4.96. The van der Waals surface area contributed by atoms with Crippen LogP contribution >= 0.6 is 12.2 Å². The van der Waals surface area contributed by atoms with Crippen LogP contribution in [-0.4, -0.2) is 35.7 Å². The molecule has 1 aromatic heterocycles. The molecule has 214 valence electrons. The summed E-state index contributed by atoms with van der Waals surface area (Å²) in [4.78, 5) is 27.8. The number of ether oxygens (including phenoxy) is 3. The highest BCUT2D eigenvalue weighted by molar-refractivity contribution is 7.80. The van der Waals surface area contributed by atoms with Gasteiger partial charge in [0.2, 0.25) is 0 Å². The molecule has 42 heavy (non-hydrogen) atoms. The summed E-state index contributed by atoms with van der Waals surface area (Å²) in [5.41, 5.74) is 4.51. The number of aryl methyl sites for hydroxylation is 1. The summed E-state index contributed by atoms with van der Waals surface area (Å²) >= 11 is 5.36. The van der Waals surface area contributed by atoms with Crippen LogP contribution in [0.1, 0.15) is 22.5 Å². The van der Waals surface area contributed by atoms with Crippen LogP contribution in [0.15, 0.2) is 78.4 Å². The summed E-state index contributed by atoms with van der Waals surface area (Å²) in [6, 6.07) is 20.6. The summed E-state index contributed by atoms with van der Waals surface area (Å²) in [5.74, 6) is 0.139. The van der Waals surface area contributed by atoms with Gasteiger partial charge in [0.05, 0.1) is 19.9 Å². The SMILES string of the molecule is COc1ccc(N2C(=O)/C(=C/c3cc(C)n(-c4ccc(OCc5ccc(F)cc5)cc4)c3C)C(=O)NC2=S)c(OC)c1. The first-order valence-corrected chi connectivity index (χ1v) is 13.4. The molecule has 2 amide bonds. The van der Waals surface area contributed by atoms with Crippen molar-refractivity contribution in [3.05, 3.63) is 107 Å². The van der Waals surface area contributed by atoms with E-state index in [1.807, 2.05) is 48.7 Å². The third-order valence-corrected chi connectivity index (χ3v) is 7.20. The molecule has 10 heteroatoms. The molecule has 1 saturated heterocycles. The average Bonchev–Trinajstić information content (AvgIpc) is 3.27. The van der Waals surface area contributed by atoms with Crippen molar-refractivity contribution in [2.45, 2.75) is 20.5 Å². The molecular formula is C32H28FN3O5S. The molecule has 4 aromatic rings. The van der Waals surface area contributed by atoms with Gasteiger partial charge in [-0.15, -0.1) is 0 Å². The molecule has 1 fully saturated rings. The largest absolute Gasteiger partial charge is 0.497 e. The molecule has 0 bridgehead atoms. The highest BCUT2D eigenvalue weighted by Crippen LogP contribution is 2.35. The Morgan fingerprint density at radius 3 is 2.26 bits per heavy atom. The second-order valence-corrected chi connectivity index (χ2v) is 9.95. The van der Waals surface area contributed by atoms with Gasteiger partial charge in [-0.1, -0.05) is 12.1 Å². The van der Waals surface area contributed by atoms with Crippen LogP contribution in [0.3, 0.4) is 0 Å². The fourth-order valence-corrected chi connectivity index (χ4v) is 5.05. The lowest BCUT2D eigenvalue weighted by Gasteiger charge is -2.30. The van der Waals surface area contributed by atoms with E-state index in [0.717, 1.165) is 22.6 Å². The predicted octanol–water partition coefficient (Wildman–Crippen LogP) is 5.66. The molecule has 3 aromatic carbocycles. The van der Waals surface area contributed by atoms with E-state index in [4.69, 9.17) is 26.4 Å². The second-order valence-electron chi connectivity index (χ2n) is 9.57. The van der Waals surface area contributed by atoms with Gasteiger partial charge in [-0.25, -0.2) is 9.29 Å². The number of hydrogen-bond donors (Lipinski definition) is 1. The molecule has 0 spiro atoms. The van der Waals surface area contributed by atoms with Gasteiger partial charge in [-0.05, 0) is 97.9 Å². The van der Waals surface area contributed by atoms with Gasteiger partial charge in [0.1, 0.15) is 35.2 Å². The molecule has 0 unspecified atom stereocenters. The summed E-state index contributed by atoms with van der Waals surface area (Å²) in [6.45, 7) is 4.18. The normalized spacial score (nSPS) is 14.3. The second kappa shape index (κ2) is 11.9. The molecule has 8 nitrogen and oxygen atoms in total. The smallest absolute Gasteiger partial charge is 0.270 e. The Kier molecular flexibility index (Phi) is 8.08. The molecule has 2 heterocycles. The van der Waals surface area contributed by atoms with E-state index in [9.17, 15) is 14.0 Å². The van der Waals surface area contributed by atoms with Gasteiger partial charge in [-0.2, -0.15) is 0 Å². The van der Waals surface area contributed by atoms with Crippen molar-refractivity contribution in [1.82, 2.24) is 9.88 Å². The van der Waals surface area contributed by atoms with Crippen LogP contribution < -0.4 is 24.4 Å². The number of nitrogens with one attached hydrogen (secondary N) is 1. The van der Waals surface area contributed by atoms with Crippen molar-refractivity contribution in [3.63, 3.8) is 0 Å². The number of rotatable bonds is 8. The van der Waals surface area contributed by atoms with Gasteiger partial charge in [0.15, 0.2) is 5.11 Å². The average molecular weight is 586 g/mol. The summed E-state index contributed by atoms with van der Waals surface area (Å²) in [6.07, 6.45) is 1.57. The topological polar surface area (TPSA) is 82.0 Å². The zero-order valence-corrected chi connectivity index (χ0v) is 24.3. The lowest BCUT2D eigenvalue weighted by atomic mass is 10.1. The number of halogens is 1. The lowest BCUT2D eigenvalue weighted by Crippen LogP contribution is -2.54. The fourth-order valence-electron chi connectivity index (χ4n) is 4.77. The first-order valence-electron chi connectivity index (χ1n) is 13.0. The van der Waals surface area contributed by atoms with Gasteiger partial charge in [0, 0.05) is 23.1 Å². The summed E-state index contributed by atoms with van der Waals surface area (Å²) < 4.78 is 31.7. The van der Waals surface area contributed by atoms with Crippen LogP contribution in [0.25, 0.3) is 11.8 Å². The van der Waals surface area contributed by atoms with E-state index >= 15 is 0 Å². The van der Waals surface area contributed by atoms with Crippen molar-refractivity contribution in [2.75, 3.05) is 19.1 Å². The monoisotopic (exact) mass is 585 g/mol. The van der Waals surface area contributed by atoms with E-state index in [1.54, 1.807) is 36.4 Å². The molecule has 0 radical (unpaired) electrons. The van der Waals surface area contributed by atoms with Gasteiger partial charge in [-0.3, -0.25) is 14.9 Å². The zero-order chi connectivity index (χ0) is 30.0. The highest BCUT2D eigenvalue weighted by Gasteiger charge is 2.36. The highest BCUT2D eigenvalue weighted by atomic mass is 32.1. The van der Waals surface area contributed by atoms with E-state index in [2.05, 4.69) is 5.32 Å². The Balaban J connectivity index is 1.41. The number of carbonyl (C=O) groups is 2. The number of aromatic nitrogens is 1. The van der Waals surface area contributed by atoms with Crippen LogP contribution in [-0.2, 0) is 16.2 Å². The van der Waals surface area contributed by atoms with Crippen molar-refractivity contribution in [2.24, 2.45) is 0 Å². The first kappa shape index (κ1) is 28.6. The van der Waals surface area contributed by atoms with Crippen molar-refractivity contribution < 1.29 is 28.2 Å². The standard InChI is InChI=1S/C32H28FN3O5S/c1-19-15-22(20(2)35(19)24-9-11-25(12-10-24)41-18-21-5-7-23(33)8-6-21)16-27-30(37)34-32(42)36(31(27)38)28-14-13-26(39-3)17-29(28)40-4/h5-17H,18H2,1-4H3,(H,34,37,42)/b27-16+. The van der Waals surface area contributed by atoms with E-state index < -0.39 is 11.8 Å². The summed E-state index contributed by atoms with van der Waals surface area (Å²) in [5, 5.41) is 2.57. The number of anilines is 1. The molecule has 5 rings (SSSR count). The maximum Gasteiger partial charge on any atom is 0.270 e. The first-order chi connectivity index (χ1) is 20.2. The minimum Gasteiger partial charge on any atom is -0.497 e. The third kappa shape index (κ3) is 5.61. The lowest BCUT2D eigenvalue weighted by molar-refractivity contribution is -0.122. The quantitative estimate of drug-likeness (QED) is 0.163. The number of carbonyl (C=O) groups excluding carboxylic acids is 2. The van der Waals surface area contributed by atoms with E-state index in [1.165, 1.54) is 31.3 Å². The number of hydrogen-bond acceptors (Lipinski definition) is 6. The fraction of sp³-hybridized carbons (Fsp3) is 0.156. The van der Waals surface area contributed by atoms with Gasteiger partial charge >= 0.3 is 0 Å².